The lowest BCUT2D eigenvalue weighted by molar-refractivity contribution is -0.00596. The van der Waals surface area contributed by atoms with Gasteiger partial charge in [0, 0.05) is 6.20 Å². The third-order valence-electron chi connectivity index (χ3n) is 1.77. The van der Waals surface area contributed by atoms with Gasteiger partial charge < -0.3 is 26.4 Å². The van der Waals surface area contributed by atoms with Crippen LogP contribution < -0.4 is 11.1 Å². The zero-order valence-corrected chi connectivity index (χ0v) is 9.10. The molecular weight excluding hydrogens is 229 g/mol. The van der Waals surface area contributed by atoms with Crippen LogP contribution >= 0.6 is 0 Å². The highest BCUT2D eigenvalue weighted by Crippen LogP contribution is 2.13. The van der Waals surface area contributed by atoms with E-state index in [0.717, 1.165) is 12.2 Å². The summed E-state index contributed by atoms with van der Waals surface area (Å²) in [6.07, 6.45) is -0.0646. The van der Waals surface area contributed by atoms with Gasteiger partial charge in [0.1, 0.15) is 18.0 Å². The molecule has 0 bridgehead atoms. The van der Waals surface area contributed by atoms with Crippen LogP contribution in [0.3, 0.4) is 0 Å². The quantitative estimate of drug-likeness (QED) is 0.197. The molecule has 0 aliphatic heterocycles. The molecule has 0 spiro atoms. The van der Waals surface area contributed by atoms with Crippen molar-refractivity contribution in [1.82, 2.24) is 5.32 Å². The molecule has 2 atom stereocenters. The van der Waals surface area contributed by atoms with E-state index in [1.54, 1.807) is 0 Å². The Bertz CT molecular complexity index is 342. The molecule has 0 fully saturated rings. The van der Waals surface area contributed by atoms with Crippen molar-refractivity contribution in [3.8, 4) is 0 Å². The number of aliphatic hydroxyl groups is 3. The third-order valence-corrected chi connectivity index (χ3v) is 1.77. The predicted molar refractivity (Wildman–Crippen MR) is 61.6 cm³/mol. The van der Waals surface area contributed by atoms with Gasteiger partial charge in [-0.15, -0.1) is 0 Å². The molecule has 0 aromatic heterocycles. The molecule has 0 aliphatic rings. The Kier molecular flexibility index (Phi) is 6.80. The number of aliphatic hydroxyl groups excluding tert-OH is 3. The highest BCUT2D eigenvalue weighted by atomic mass is 19.1. The molecule has 0 aliphatic carbocycles. The van der Waals surface area contributed by atoms with Gasteiger partial charge in [0.15, 0.2) is 5.83 Å². The summed E-state index contributed by atoms with van der Waals surface area (Å²) >= 11 is 0. The van der Waals surface area contributed by atoms with E-state index in [1.165, 1.54) is 6.20 Å². The predicted octanol–water partition coefficient (Wildman–Crippen LogP) is -0.893. The van der Waals surface area contributed by atoms with Gasteiger partial charge in [-0.05, 0) is 12.2 Å². The third kappa shape index (κ3) is 5.25. The minimum Gasteiger partial charge on any atom is -0.394 e. The van der Waals surface area contributed by atoms with Crippen LogP contribution in [0, 0.1) is 5.41 Å². The average molecular weight is 245 g/mol. The number of rotatable bonds is 7. The van der Waals surface area contributed by atoms with Crippen LogP contribution in [0.4, 0.5) is 4.39 Å². The summed E-state index contributed by atoms with van der Waals surface area (Å²) in [5.74, 6) is -1.31. The molecule has 6 nitrogen and oxygen atoms in total. The molecule has 0 saturated carbocycles. The van der Waals surface area contributed by atoms with Gasteiger partial charge >= 0.3 is 0 Å². The second-order valence-corrected chi connectivity index (χ2v) is 3.09. The smallest absolute Gasteiger partial charge is 0.154 e. The van der Waals surface area contributed by atoms with Gasteiger partial charge in [-0.25, -0.2) is 4.39 Å². The number of allylic oxidation sites excluding steroid dienone is 1. The summed E-state index contributed by atoms with van der Waals surface area (Å²) in [5.41, 5.74) is 4.83. The Balaban J connectivity index is 4.80. The first kappa shape index (κ1) is 15.3. The Morgan fingerprint density at radius 1 is 1.53 bits per heavy atom. The van der Waals surface area contributed by atoms with Gasteiger partial charge in [-0.3, -0.25) is 5.41 Å². The van der Waals surface area contributed by atoms with E-state index in [1.807, 2.05) is 0 Å². The van der Waals surface area contributed by atoms with E-state index < -0.39 is 24.6 Å². The minimum atomic E-state index is -1.86. The topological polar surface area (TPSA) is 123 Å². The molecule has 0 saturated heterocycles. The second kappa shape index (κ2) is 7.55. The molecule has 96 valence electrons. The fraction of sp³-hybridized carbons (Fsp3) is 0.300. The number of halogens is 1. The van der Waals surface area contributed by atoms with Crippen LogP contribution in [-0.2, 0) is 0 Å². The summed E-state index contributed by atoms with van der Waals surface area (Å²) in [5, 5.41) is 36.1. The molecule has 0 aromatic rings. The van der Waals surface area contributed by atoms with Crippen molar-refractivity contribution in [2.45, 2.75) is 12.2 Å². The Morgan fingerprint density at radius 2 is 2.12 bits per heavy atom. The Labute approximate surface area is 98.1 Å². The molecule has 7 N–H and O–H groups in total. The maximum Gasteiger partial charge on any atom is 0.154 e. The van der Waals surface area contributed by atoms with Crippen LogP contribution in [0.15, 0.2) is 36.5 Å². The van der Waals surface area contributed by atoms with E-state index in [-0.39, 0.29) is 11.5 Å². The molecule has 0 amide bonds. The fourth-order valence-corrected chi connectivity index (χ4v) is 0.875. The van der Waals surface area contributed by atoms with Crippen molar-refractivity contribution in [3.63, 3.8) is 0 Å². The first-order valence-corrected chi connectivity index (χ1v) is 4.70. The molecule has 7 heteroatoms. The molecule has 1 unspecified atom stereocenters. The van der Waals surface area contributed by atoms with E-state index in [2.05, 4.69) is 11.9 Å². The summed E-state index contributed by atoms with van der Waals surface area (Å²) < 4.78 is 13.5. The van der Waals surface area contributed by atoms with Crippen molar-refractivity contribution in [2.75, 3.05) is 6.61 Å². The normalized spacial score (nSPS) is 16.2. The second-order valence-electron chi connectivity index (χ2n) is 3.09. The van der Waals surface area contributed by atoms with Gasteiger partial charge in [0.25, 0.3) is 0 Å². The highest BCUT2D eigenvalue weighted by molar-refractivity contribution is 5.88. The van der Waals surface area contributed by atoms with Crippen molar-refractivity contribution in [1.29, 1.82) is 5.41 Å². The molecule has 0 rings (SSSR count). The van der Waals surface area contributed by atoms with Gasteiger partial charge in [0.05, 0.1) is 12.3 Å². The first-order valence-electron chi connectivity index (χ1n) is 4.70. The summed E-state index contributed by atoms with van der Waals surface area (Å²) in [7, 11) is 0. The maximum absolute atomic E-state index is 13.5. The zero-order chi connectivity index (χ0) is 13.4. The lowest BCUT2D eigenvalue weighted by Crippen LogP contribution is -2.31. The number of hydrogen-bond donors (Lipinski definition) is 6. The summed E-state index contributed by atoms with van der Waals surface area (Å²) in [4.78, 5) is 0. The van der Waals surface area contributed by atoms with E-state index >= 15 is 0 Å². The average Bonchev–Trinajstić information content (AvgIpc) is 2.31. The van der Waals surface area contributed by atoms with E-state index in [9.17, 15) is 9.50 Å². The van der Waals surface area contributed by atoms with Crippen molar-refractivity contribution >= 4 is 5.84 Å². The maximum atomic E-state index is 13.5. The molecule has 0 heterocycles. The number of nitrogens with one attached hydrogen (secondary N) is 2. The standard InChI is InChI=1S/C10H16FN3O3/c1-2-6(14-4-3-8(12)13)9(11)10(17)7(16)5-15/h2-4,7,10,14-17H,1,5H2,(H3,12,13)/b4-3-,9-6+/t7-,10?/m1/s1. The van der Waals surface area contributed by atoms with Crippen molar-refractivity contribution in [3.05, 3.63) is 36.5 Å². The molecule has 0 radical (unpaired) electrons. The van der Waals surface area contributed by atoms with E-state index in [0.29, 0.717) is 0 Å². The van der Waals surface area contributed by atoms with Crippen LogP contribution in [0.1, 0.15) is 0 Å². The number of nitrogens with two attached hydrogens (primary N) is 1. The van der Waals surface area contributed by atoms with Crippen molar-refractivity contribution in [2.24, 2.45) is 5.73 Å². The zero-order valence-electron chi connectivity index (χ0n) is 9.10. The van der Waals surface area contributed by atoms with Crippen LogP contribution in [0.5, 0.6) is 0 Å². The summed E-state index contributed by atoms with van der Waals surface area (Å²) in [6, 6.07) is 0. The molecule has 0 aromatic carbocycles. The SMILES string of the molecule is C=C/C(N/C=C\C(=N)N)=C(\F)C(O)[C@H](O)CO. The largest absolute Gasteiger partial charge is 0.394 e. The van der Waals surface area contributed by atoms with Gasteiger partial charge in [-0.1, -0.05) is 6.58 Å². The monoisotopic (exact) mass is 245 g/mol. The van der Waals surface area contributed by atoms with Crippen LogP contribution in [-0.4, -0.2) is 40.0 Å². The molecule has 17 heavy (non-hydrogen) atoms. The number of hydrogen-bond acceptors (Lipinski definition) is 5. The fourth-order valence-electron chi connectivity index (χ4n) is 0.875. The lowest BCUT2D eigenvalue weighted by atomic mass is 10.1. The Hall–Kier alpha value is -1.70. The van der Waals surface area contributed by atoms with E-state index in [4.69, 9.17) is 21.4 Å². The highest BCUT2D eigenvalue weighted by Gasteiger charge is 2.22. The van der Waals surface area contributed by atoms with Gasteiger partial charge in [-0.2, -0.15) is 0 Å². The Morgan fingerprint density at radius 3 is 2.53 bits per heavy atom. The summed E-state index contributed by atoms with van der Waals surface area (Å²) in [6.45, 7) is 2.54. The number of amidine groups is 1. The van der Waals surface area contributed by atoms with Crippen LogP contribution in [0.25, 0.3) is 0 Å². The van der Waals surface area contributed by atoms with Crippen molar-refractivity contribution < 1.29 is 19.7 Å². The van der Waals surface area contributed by atoms with Crippen LogP contribution in [0.2, 0.25) is 0 Å². The first-order chi connectivity index (χ1) is 7.93. The lowest BCUT2D eigenvalue weighted by Gasteiger charge is -2.15. The van der Waals surface area contributed by atoms with Gasteiger partial charge in [0.2, 0.25) is 0 Å². The minimum absolute atomic E-state index is 0.192. The molecular formula is C10H16FN3O3.